The van der Waals surface area contributed by atoms with Gasteiger partial charge in [0, 0.05) is 12.3 Å². The van der Waals surface area contributed by atoms with Gasteiger partial charge in [0.1, 0.15) is 0 Å². The van der Waals surface area contributed by atoms with Gasteiger partial charge in [-0.25, -0.2) is 0 Å². The lowest BCUT2D eigenvalue weighted by molar-refractivity contribution is -0.0195. The van der Waals surface area contributed by atoms with Crippen molar-refractivity contribution in [1.29, 1.82) is 0 Å². The number of ether oxygens (including phenoxy) is 1. The highest BCUT2D eigenvalue weighted by atomic mass is 16.5. The first-order valence-electron chi connectivity index (χ1n) is 9.72. The van der Waals surface area contributed by atoms with E-state index in [1.165, 1.54) is 24.8 Å². The predicted octanol–water partition coefficient (Wildman–Crippen LogP) is 4.86. The lowest BCUT2D eigenvalue weighted by Crippen LogP contribution is -2.47. The molecule has 0 unspecified atom stereocenters. The Hall–Kier alpha value is -1.02. The van der Waals surface area contributed by atoms with E-state index in [9.17, 15) is 5.11 Å². The molecule has 4 aliphatic carbocycles. The van der Waals surface area contributed by atoms with Crippen LogP contribution in [0.4, 0.5) is 0 Å². The molecule has 6 atom stereocenters. The molecule has 132 valence electrons. The molecule has 4 rings (SSSR count). The maximum absolute atomic E-state index is 9.95. The second-order valence-electron chi connectivity index (χ2n) is 9.00. The average molecular weight is 328 g/mol. The van der Waals surface area contributed by atoms with Gasteiger partial charge < -0.3 is 9.84 Å². The molecule has 0 aromatic rings. The standard InChI is InChI=1S/C22H32O2/c1-13-10-19-21-14(2)9-15-11-16(24-4)5-6-17(15)18(21)7-8-22(19,3)20(13)12-23/h5,14,18-21,23H,1,6-12H2,2-4H3/t14-,18-,19-,20-,21-,22+/m1/s1. The number of aliphatic hydroxyl groups is 1. The number of hydrogen-bond donors (Lipinski definition) is 1. The number of hydrogen-bond acceptors (Lipinski definition) is 2. The third-order valence-electron chi connectivity index (χ3n) is 8.05. The molecule has 0 amide bonds. The molecule has 0 heterocycles. The first-order valence-corrected chi connectivity index (χ1v) is 9.72. The van der Waals surface area contributed by atoms with E-state index in [0.29, 0.717) is 11.8 Å². The van der Waals surface area contributed by atoms with Crippen LogP contribution >= 0.6 is 0 Å². The van der Waals surface area contributed by atoms with E-state index in [4.69, 9.17) is 4.74 Å². The van der Waals surface area contributed by atoms with Gasteiger partial charge in [-0.1, -0.05) is 37.1 Å². The van der Waals surface area contributed by atoms with Crippen molar-refractivity contribution in [2.75, 3.05) is 13.7 Å². The SMILES string of the molecule is C=C1C[C@@H]2[C@@H]3[C@H](C)CC4=C(CC=C(OC)C4)[C@H]3CC[C@]2(C)[C@@H]1CO. The maximum Gasteiger partial charge on any atom is 0.0959 e. The third-order valence-corrected chi connectivity index (χ3v) is 8.05. The van der Waals surface area contributed by atoms with Crippen molar-refractivity contribution in [3.8, 4) is 0 Å². The molecular formula is C22H32O2. The maximum atomic E-state index is 9.95. The van der Waals surface area contributed by atoms with Crippen molar-refractivity contribution in [2.45, 2.75) is 52.4 Å². The van der Waals surface area contributed by atoms with E-state index in [2.05, 4.69) is 26.5 Å². The van der Waals surface area contributed by atoms with E-state index in [0.717, 1.165) is 42.8 Å². The summed E-state index contributed by atoms with van der Waals surface area (Å²) in [4.78, 5) is 0. The van der Waals surface area contributed by atoms with Crippen LogP contribution in [-0.2, 0) is 4.74 Å². The lowest BCUT2D eigenvalue weighted by Gasteiger charge is -2.54. The summed E-state index contributed by atoms with van der Waals surface area (Å²) in [6.45, 7) is 9.53. The molecule has 0 aromatic heterocycles. The molecule has 0 aliphatic heterocycles. The van der Waals surface area contributed by atoms with Crippen LogP contribution in [0.1, 0.15) is 52.4 Å². The van der Waals surface area contributed by atoms with E-state index in [-0.39, 0.29) is 12.0 Å². The fraction of sp³-hybridized carbons (Fsp3) is 0.727. The van der Waals surface area contributed by atoms with Crippen molar-refractivity contribution < 1.29 is 9.84 Å². The second kappa shape index (κ2) is 5.76. The van der Waals surface area contributed by atoms with Gasteiger partial charge >= 0.3 is 0 Å². The van der Waals surface area contributed by atoms with Crippen LogP contribution in [-0.4, -0.2) is 18.8 Å². The van der Waals surface area contributed by atoms with Crippen LogP contribution in [0, 0.1) is 35.0 Å². The molecule has 2 heteroatoms. The fourth-order valence-corrected chi connectivity index (χ4v) is 6.86. The molecule has 2 saturated carbocycles. The Morgan fingerprint density at radius 1 is 1.38 bits per heavy atom. The third kappa shape index (κ3) is 2.18. The van der Waals surface area contributed by atoms with E-state index < -0.39 is 0 Å². The highest BCUT2D eigenvalue weighted by molar-refractivity contribution is 5.34. The topological polar surface area (TPSA) is 29.5 Å². The fourth-order valence-electron chi connectivity index (χ4n) is 6.86. The minimum Gasteiger partial charge on any atom is -0.501 e. The number of allylic oxidation sites excluding steroid dienone is 3. The number of fused-ring (bicyclic) bond motifs is 4. The van der Waals surface area contributed by atoms with Crippen LogP contribution in [0.25, 0.3) is 0 Å². The summed E-state index contributed by atoms with van der Waals surface area (Å²) in [5.41, 5.74) is 4.98. The summed E-state index contributed by atoms with van der Waals surface area (Å²) in [7, 11) is 1.80. The van der Waals surface area contributed by atoms with Crippen LogP contribution in [0.5, 0.6) is 0 Å². The average Bonchev–Trinajstić information content (AvgIpc) is 2.83. The van der Waals surface area contributed by atoms with Crippen LogP contribution in [0.15, 0.2) is 35.1 Å². The van der Waals surface area contributed by atoms with Gasteiger partial charge in [-0.15, -0.1) is 0 Å². The Bertz CT molecular complexity index is 613. The molecule has 0 spiro atoms. The monoisotopic (exact) mass is 328 g/mol. The lowest BCUT2D eigenvalue weighted by atomic mass is 9.51. The Morgan fingerprint density at radius 3 is 2.88 bits per heavy atom. The number of aliphatic hydroxyl groups excluding tert-OH is 1. The molecule has 2 fully saturated rings. The molecule has 0 saturated heterocycles. The van der Waals surface area contributed by atoms with Gasteiger partial charge in [-0.2, -0.15) is 0 Å². The minimum absolute atomic E-state index is 0.265. The molecule has 1 N–H and O–H groups in total. The molecule has 0 radical (unpaired) electrons. The van der Waals surface area contributed by atoms with Crippen LogP contribution < -0.4 is 0 Å². The quantitative estimate of drug-likeness (QED) is 0.733. The summed E-state index contributed by atoms with van der Waals surface area (Å²) in [5.74, 6) is 4.44. The van der Waals surface area contributed by atoms with Gasteiger partial charge in [0.2, 0.25) is 0 Å². The van der Waals surface area contributed by atoms with Gasteiger partial charge in [0.15, 0.2) is 0 Å². The Kier molecular flexibility index (Phi) is 3.95. The van der Waals surface area contributed by atoms with Crippen molar-refractivity contribution in [1.82, 2.24) is 0 Å². The van der Waals surface area contributed by atoms with Crippen molar-refractivity contribution in [3.63, 3.8) is 0 Å². The number of methoxy groups -OCH3 is 1. The summed E-state index contributed by atoms with van der Waals surface area (Å²) in [6.07, 6.45) is 9.35. The molecule has 4 aliphatic rings. The number of rotatable bonds is 2. The molecule has 0 aromatic carbocycles. The largest absolute Gasteiger partial charge is 0.501 e. The minimum atomic E-state index is 0.265. The predicted molar refractivity (Wildman–Crippen MR) is 97.3 cm³/mol. The van der Waals surface area contributed by atoms with Crippen LogP contribution in [0.2, 0.25) is 0 Å². The van der Waals surface area contributed by atoms with E-state index in [1.54, 1.807) is 18.3 Å². The summed E-state index contributed by atoms with van der Waals surface area (Å²) in [6, 6.07) is 0. The zero-order valence-corrected chi connectivity index (χ0v) is 15.5. The summed E-state index contributed by atoms with van der Waals surface area (Å²) >= 11 is 0. The van der Waals surface area contributed by atoms with Crippen molar-refractivity contribution >= 4 is 0 Å². The highest BCUT2D eigenvalue weighted by Crippen LogP contribution is 2.65. The highest BCUT2D eigenvalue weighted by Gasteiger charge is 2.57. The smallest absolute Gasteiger partial charge is 0.0959 e. The zero-order valence-electron chi connectivity index (χ0n) is 15.5. The van der Waals surface area contributed by atoms with Gasteiger partial charge in [-0.3, -0.25) is 0 Å². The summed E-state index contributed by atoms with van der Waals surface area (Å²) in [5, 5.41) is 9.95. The molecule has 2 nitrogen and oxygen atoms in total. The van der Waals surface area contributed by atoms with Crippen molar-refractivity contribution in [3.05, 3.63) is 35.1 Å². The second-order valence-corrected chi connectivity index (χ2v) is 9.00. The Morgan fingerprint density at radius 2 is 2.17 bits per heavy atom. The Balaban J connectivity index is 1.67. The summed E-state index contributed by atoms with van der Waals surface area (Å²) < 4.78 is 5.53. The first kappa shape index (κ1) is 16.4. The molecule has 0 bridgehead atoms. The molecule has 24 heavy (non-hydrogen) atoms. The zero-order chi connectivity index (χ0) is 17.1. The van der Waals surface area contributed by atoms with E-state index in [1.807, 2.05) is 0 Å². The van der Waals surface area contributed by atoms with Crippen molar-refractivity contribution in [2.24, 2.45) is 35.0 Å². The van der Waals surface area contributed by atoms with Crippen LogP contribution in [0.3, 0.4) is 0 Å². The normalized spacial score (nSPS) is 44.6. The van der Waals surface area contributed by atoms with E-state index >= 15 is 0 Å². The Labute approximate surface area is 146 Å². The van der Waals surface area contributed by atoms with Gasteiger partial charge in [-0.05, 0) is 67.3 Å². The first-order chi connectivity index (χ1) is 11.5. The van der Waals surface area contributed by atoms with Gasteiger partial charge in [0.25, 0.3) is 0 Å². The molecular weight excluding hydrogens is 296 g/mol. The van der Waals surface area contributed by atoms with Gasteiger partial charge in [0.05, 0.1) is 19.5 Å².